The van der Waals surface area contributed by atoms with Crippen molar-refractivity contribution in [2.24, 2.45) is 0 Å². The summed E-state index contributed by atoms with van der Waals surface area (Å²) in [6, 6.07) is 7.77. The van der Waals surface area contributed by atoms with Gasteiger partial charge in [-0.2, -0.15) is 0 Å². The summed E-state index contributed by atoms with van der Waals surface area (Å²) in [5.41, 5.74) is 1.09. The molecule has 4 nitrogen and oxygen atoms in total. The van der Waals surface area contributed by atoms with Crippen LogP contribution in [0.25, 0.3) is 0 Å². The highest BCUT2D eigenvalue weighted by molar-refractivity contribution is 7.90. The Morgan fingerprint density at radius 3 is 2.76 bits per heavy atom. The molecule has 1 aromatic carbocycles. The second-order valence-electron chi connectivity index (χ2n) is 3.89. The fourth-order valence-electron chi connectivity index (χ4n) is 1.40. The highest BCUT2D eigenvalue weighted by atomic mass is 32.2. The third-order valence-electron chi connectivity index (χ3n) is 2.19. The van der Waals surface area contributed by atoms with E-state index in [1.165, 1.54) is 6.26 Å². The molecule has 0 aliphatic heterocycles. The van der Waals surface area contributed by atoms with Gasteiger partial charge in [0.05, 0.1) is 12.4 Å². The highest BCUT2D eigenvalue weighted by Gasteiger charge is 2.01. The van der Waals surface area contributed by atoms with Crippen molar-refractivity contribution in [3.8, 4) is 5.75 Å². The van der Waals surface area contributed by atoms with Crippen LogP contribution in [0, 0.1) is 0 Å². The standard InChI is InChI=1S/C12H19NO3S/c1-3-16-12-6-4-5-11(9-12)10-13-7-8-17(2,14)15/h4-6,9,13H,3,7-8,10H2,1-2H3. The van der Waals surface area contributed by atoms with Crippen molar-refractivity contribution >= 4 is 9.84 Å². The SMILES string of the molecule is CCOc1cccc(CNCCS(C)(=O)=O)c1. The Labute approximate surface area is 103 Å². The third-order valence-corrected chi connectivity index (χ3v) is 3.13. The minimum atomic E-state index is -2.88. The molecule has 0 saturated heterocycles. The number of nitrogens with one attached hydrogen (secondary N) is 1. The average molecular weight is 257 g/mol. The fourth-order valence-corrected chi connectivity index (χ4v) is 1.92. The lowest BCUT2D eigenvalue weighted by Crippen LogP contribution is -2.21. The average Bonchev–Trinajstić information content (AvgIpc) is 2.24. The summed E-state index contributed by atoms with van der Waals surface area (Å²) in [5.74, 6) is 1.01. The number of rotatable bonds is 7. The summed E-state index contributed by atoms with van der Waals surface area (Å²) in [5, 5.41) is 3.09. The van der Waals surface area contributed by atoms with E-state index in [1.54, 1.807) is 0 Å². The van der Waals surface area contributed by atoms with Gasteiger partial charge in [-0.1, -0.05) is 12.1 Å². The second-order valence-corrected chi connectivity index (χ2v) is 6.15. The van der Waals surface area contributed by atoms with Crippen LogP contribution in [0.3, 0.4) is 0 Å². The molecule has 0 heterocycles. The third kappa shape index (κ3) is 6.28. The first kappa shape index (κ1) is 14.0. The number of sulfone groups is 1. The summed E-state index contributed by atoms with van der Waals surface area (Å²) < 4.78 is 27.2. The van der Waals surface area contributed by atoms with E-state index in [0.717, 1.165) is 11.3 Å². The molecule has 1 rings (SSSR count). The van der Waals surface area contributed by atoms with Crippen LogP contribution in [0.4, 0.5) is 0 Å². The van der Waals surface area contributed by atoms with E-state index in [-0.39, 0.29) is 5.75 Å². The maximum absolute atomic E-state index is 10.9. The molecule has 1 aromatic rings. The van der Waals surface area contributed by atoms with E-state index in [2.05, 4.69) is 5.32 Å². The summed E-state index contributed by atoms with van der Waals surface area (Å²) in [6.45, 7) is 3.70. The molecule has 0 aromatic heterocycles. The monoisotopic (exact) mass is 257 g/mol. The molecule has 0 unspecified atom stereocenters. The number of ether oxygens (including phenoxy) is 1. The van der Waals surface area contributed by atoms with Gasteiger partial charge in [-0.25, -0.2) is 8.42 Å². The molecule has 96 valence electrons. The molecular formula is C12H19NO3S. The Bertz CT molecular complexity index is 443. The molecule has 0 fully saturated rings. The molecule has 0 radical (unpaired) electrons. The minimum Gasteiger partial charge on any atom is -0.494 e. The van der Waals surface area contributed by atoms with Crippen LogP contribution in [0.2, 0.25) is 0 Å². The van der Waals surface area contributed by atoms with Crippen LogP contribution in [-0.2, 0) is 16.4 Å². The maximum Gasteiger partial charge on any atom is 0.148 e. The Hall–Kier alpha value is -1.07. The lowest BCUT2D eigenvalue weighted by Gasteiger charge is -2.07. The van der Waals surface area contributed by atoms with Gasteiger partial charge in [-0.15, -0.1) is 0 Å². The van der Waals surface area contributed by atoms with Gasteiger partial charge in [-0.3, -0.25) is 0 Å². The summed E-state index contributed by atoms with van der Waals surface area (Å²) in [7, 11) is -2.88. The molecule has 0 amide bonds. The van der Waals surface area contributed by atoms with Gasteiger partial charge < -0.3 is 10.1 Å². The fraction of sp³-hybridized carbons (Fsp3) is 0.500. The first-order valence-electron chi connectivity index (χ1n) is 5.61. The molecule has 0 aliphatic rings. The predicted molar refractivity (Wildman–Crippen MR) is 69.0 cm³/mol. The number of benzene rings is 1. The van der Waals surface area contributed by atoms with Gasteiger partial charge in [0.15, 0.2) is 0 Å². The van der Waals surface area contributed by atoms with Gasteiger partial charge in [-0.05, 0) is 24.6 Å². The van der Waals surface area contributed by atoms with E-state index >= 15 is 0 Å². The quantitative estimate of drug-likeness (QED) is 0.746. The zero-order chi connectivity index (χ0) is 12.7. The first-order valence-corrected chi connectivity index (χ1v) is 7.67. The van der Waals surface area contributed by atoms with Crippen molar-refractivity contribution in [2.45, 2.75) is 13.5 Å². The largest absolute Gasteiger partial charge is 0.494 e. The Balaban J connectivity index is 2.38. The van der Waals surface area contributed by atoms with Gasteiger partial charge >= 0.3 is 0 Å². The van der Waals surface area contributed by atoms with Crippen LogP contribution in [0.15, 0.2) is 24.3 Å². The van der Waals surface area contributed by atoms with Crippen molar-refractivity contribution in [1.29, 1.82) is 0 Å². The Kier molecular flexibility index (Phi) is 5.44. The summed E-state index contributed by atoms with van der Waals surface area (Å²) in [4.78, 5) is 0. The summed E-state index contributed by atoms with van der Waals surface area (Å²) in [6.07, 6.45) is 1.24. The molecule has 0 saturated carbocycles. The van der Waals surface area contributed by atoms with Crippen molar-refractivity contribution in [3.63, 3.8) is 0 Å². The lowest BCUT2D eigenvalue weighted by molar-refractivity contribution is 0.340. The topological polar surface area (TPSA) is 55.4 Å². The number of hydrogen-bond donors (Lipinski definition) is 1. The van der Waals surface area contributed by atoms with Crippen molar-refractivity contribution in [1.82, 2.24) is 5.32 Å². The summed E-state index contributed by atoms with van der Waals surface area (Å²) >= 11 is 0. The molecule has 0 spiro atoms. The van der Waals surface area contributed by atoms with Crippen LogP contribution < -0.4 is 10.1 Å². The number of hydrogen-bond acceptors (Lipinski definition) is 4. The van der Waals surface area contributed by atoms with Crippen LogP contribution in [0.1, 0.15) is 12.5 Å². The van der Waals surface area contributed by atoms with Crippen molar-refractivity contribution < 1.29 is 13.2 Å². The van der Waals surface area contributed by atoms with E-state index in [4.69, 9.17) is 4.74 Å². The van der Waals surface area contributed by atoms with E-state index in [0.29, 0.717) is 19.7 Å². The molecule has 1 N–H and O–H groups in total. The molecule has 0 bridgehead atoms. The van der Waals surface area contributed by atoms with Crippen LogP contribution in [-0.4, -0.2) is 33.6 Å². The molecular weight excluding hydrogens is 238 g/mol. The zero-order valence-electron chi connectivity index (χ0n) is 10.3. The van der Waals surface area contributed by atoms with E-state index in [9.17, 15) is 8.42 Å². The van der Waals surface area contributed by atoms with Crippen LogP contribution in [0.5, 0.6) is 5.75 Å². The molecule has 17 heavy (non-hydrogen) atoms. The maximum atomic E-state index is 10.9. The highest BCUT2D eigenvalue weighted by Crippen LogP contribution is 2.12. The predicted octanol–water partition coefficient (Wildman–Crippen LogP) is 1.22. The zero-order valence-corrected chi connectivity index (χ0v) is 11.1. The Morgan fingerprint density at radius 2 is 2.12 bits per heavy atom. The van der Waals surface area contributed by atoms with Gasteiger partial charge in [0.2, 0.25) is 0 Å². The van der Waals surface area contributed by atoms with Gasteiger partial charge in [0, 0.05) is 19.3 Å². The second kappa shape index (κ2) is 6.61. The Morgan fingerprint density at radius 1 is 1.35 bits per heavy atom. The van der Waals surface area contributed by atoms with Gasteiger partial charge in [0.25, 0.3) is 0 Å². The molecule has 0 aliphatic carbocycles. The van der Waals surface area contributed by atoms with Crippen molar-refractivity contribution in [2.75, 3.05) is 25.2 Å². The molecule has 0 atom stereocenters. The first-order chi connectivity index (χ1) is 8.01. The normalized spacial score (nSPS) is 11.4. The smallest absolute Gasteiger partial charge is 0.148 e. The van der Waals surface area contributed by atoms with E-state index in [1.807, 2.05) is 31.2 Å². The van der Waals surface area contributed by atoms with Crippen molar-refractivity contribution in [3.05, 3.63) is 29.8 Å². The van der Waals surface area contributed by atoms with Crippen LogP contribution >= 0.6 is 0 Å². The minimum absolute atomic E-state index is 0.165. The van der Waals surface area contributed by atoms with E-state index < -0.39 is 9.84 Å². The lowest BCUT2D eigenvalue weighted by atomic mass is 10.2. The molecule has 5 heteroatoms. The van der Waals surface area contributed by atoms with Gasteiger partial charge in [0.1, 0.15) is 15.6 Å².